The lowest BCUT2D eigenvalue weighted by Crippen LogP contribution is -2.43. The van der Waals surface area contributed by atoms with E-state index < -0.39 is 11.5 Å². The van der Waals surface area contributed by atoms with Crippen molar-refractivity contribution in [2.75, 3.05) is 0 Å². The topological polar surface area (TPSA) is 116 Å². The van der Waals surface area contributed by atoms with Crippen LogP contribution in [0.1, 0.15) is 105 Å². The van der Waals surface area contributed by atoms with Crippen LogP contribution in [0.3, 0.4) is 0 Å². The van der Waals surface area contributed by atoms with Gasteiger partial charge in [0.05, 0.1) is 17.9 Å². The van der Waals surface area contributed by atoms with Crippen molar-refractivity contribution in [3.63, 3.8) is 0 Å². The maximum Gasteiger partial charge on any atom is 0.311 e. The highest BCUT2D eigenvalue weighted by Gasteiger charge is 2.43. The molecule has 0 aromatic carbocycles. The summed E-state index contributed by atoms with van der Waals surface area (Å²) in [6.07, 6.45) is 15.3. The fraction of sp³-hybridized carbons (Fsp3) is 0.781. The van der Waals surface area contributed by atoms with Crippen molar-refractivity contribution >= 4 is 17.8 Å². The van der Waals surface area contributed by atoms with Gasteiger partial charge in [-0.15, -0.1) is 0 Å². The van der Waals surface area contributed by atoms with E-state index in [4.69, 9.17) is 15.2 Å². The van der Waals surface area contributed by atoms with E-state index in [1.54, 1.807) is 0 Å². The molecule has 1 saturated carbocycles. The average molecular weight is 546 g/mol. The number of fused-ring (bicyclic) bond motifs is 1. The van der Waals surface area contributed by atoms with Crippen molar-refractivity contribution in [1.82, 2.24) is 0 Å². The Balaban J connectivity index is 0.000000395. The highest BCUT2D eigenvalue weighted by atomic mass is 16.6. The minimum atomic E-state index is -0.601. The van der Waals surface area contributed by atoms with Gasteiger partial charge in [0, 0.05) is 18.3 Å². The van der Waals surface area contributed by atoms with Crippen LogP contribution < -0.4 is 5.73 Å². The van der Waals surface area contributed by atoms with E-state index in [1.807, 2.05) is 20.8 Å². The minimum absolute atomic E-state index is 0.0949. The molecular weight excluding hydrogens is 494 g/mol. The molecule has 1 aliphatic heterocycles. The number of hydrogen-bond donors (Lipinski definition) is 2. The summed E-state index contributed by atoms with van der Waals surface area (Å²) in [4.78, 5) is 35.1. The Morgan fingerprint density at radius 2 is 1.82 bits per heavy atom. The van der Waals surface area contributed by atoms with Gasteiger partial charge in [-0.05, 0) is 75.7 Å². The lowest BCUT2D eigenvalue weighted by molar-refractivity contribution is -0.166. The van der Waals surface area contributed by atoms with Crippen LogP contribution in [-0.2, 0) is 23.9 Å². The number of primary amides is 1. The van der Waals surface area contributed by atoms with Gasteiger partial charge in [-0.3, -0.25) is 14.4 Å². The third kappa shape index (κ3) is 8.67. The van der Waals surface area contributed by atoms with E-state index in [9.17, 15) is 19.5 Å². The maximum absolute atomic E-state index is 12.9. The van der Waals surface area contributed by atoms with Gasteiger partial charge in [-0.2, -0.15) is 0 Å². The van der Waals surface area contributed by atoms with Gasteiger partial charge in [0.2, 0.25) is 5.91 Å². The number of amides is 1. The lowest BCUT2D eigenvalue weighted by Gasteiger charge is -2.44. The normalized spacial score (nSPS) is 33.1. The summed E-state index contributed by atoms with van der Waals surface area (Å²) in [7, 11) is 0. The predicted molar refractivity (Wildman–Crippen MR) is 151 cm³/mol. The fourth-order valence-corrected chi connectivity index (χ4v) is 6.47. The number of esters is 2. The van der Waals surface area contributed by atoms with E-state index in [2.05, 4.69) is 32.1 Å². The summed E-state index contributed by atoms with van der Waals surface area (Å²) in [5.74, 6) is 0.867. The molecule has 0 spiro atoms. The second-order valence-corrected chi connectivity index (χ2v) is 13.0. The number of cyclic esters (lactones) is 1. The zero-order chi connectivity index (χ0) is 28.7. The molecule has 0 aromatic heterocycles. The van der Waals surface area contributed by atoms with Gasteiger partial charge in [-0.1, -0.05) is 58.3 Å². The first kappa shape index (κ1) is 31.4. The molecule has 3 aliphatic carbocycles. The average Bonchev–Trinajstić information content (AvgIpc) is 2.88. The lowest BCUT2D eigenvalue weighted by atomic mass is 9.65. The number of hydrogen-bond acceptors (Lipinski definition) is 6. The Bertz CT molecular complexity index is 918. The number of nitrogens with two attached hydrogens (primary N) is 1. The molecule has 0 unspecified atom stereocenters. The van der Waals surface area contributed by atoms with Crippen molar-refractivity contribution in [2.45, 2.75) is 124 Å². The first-order valence-corrected chi connectivity index (χ1v) is 15.2. The van der Waals surface area contributed by atoms with E-state index in [0.717, 1.165) is 38.5 Å². The van der Waals surface area contributed by atoms with E-state index >= 15 is 0 Å². The van der Waals surface area contributed by atoms with E-state index in [0.29, 0.717) is 24.2 Å². The number of carbonyl (C=O) groups is 3. The van der Waals surface area contributed by atoms with Crippen LogP contribution in [0.4, 0.5) is 0 Å². The van der Waals surface area contributed by atoms with Gasteiger partial charge >= 0.3 is 11.9 Å². The molecule has 1 saturated heterocycles. The quantitative estimate of drug-likeness (QED) is 0.400. The Labute approximate surface area is 235 Å². The molecular formula is C32H51NO6. The molecule has 39 heavy (non-hydrogen) atoms. The molecule has 220 valence electrons. The zero-order valence-corrected chi connectivity index (χ0v) is 24.7. The standard InChI is InChI=1S/C25H38O5.C7H13NO/c1-6-25(4,5)24(28)30-21-12-15(2)11-17-8-7-16(3)20(23(17)21)10-9-19-13-18(26)14-22(27)29-19;8-7(9)6-4-2-1-3-5-6/h7-8,11,15-16,18-21,23,26H,6,9-10,12-14H2,1-5H3;6H,1-5H2,(H2,8,9)/t15-,16-,18+,19-,20-,21-,23-;/m1./s1. The molecule has 4 aliphatic rings. The van der Waals surface area contributed by atoms with Crippen molar-refractivity contribution < 1.29 is 29.0 Å². The van der Waals surface area contributed by atoms with Crippen LogP contribution in [-0.4, -0.2) is 41.3 Å². The summed E-state index contributed by atoms with van der Waals surface area (Å²) < 4.78 is 11.6. The number of ether oxygens (including phenoxy) is 2. The van der Waals surface area contributed by atoms with E-state index in [1.165, 1.54) is 24.8 Å². The Morgan fingerprint density at radius 1 is 1.13 bits per heavy atom. The number of allylic oxidation sites excluding steroid dienone is 3. The molecule has 0 aromatic rings. The molecule has 2 fully saturated rings. The van der Waals surface area contributed by atoms with Crippen LogP contribution in [0.25, 0.3) is 0 Å². The second kappa shape index (κ2) is 14.0. The molecule has 7 nitrogen and oxygen atoms in total. The molecule has 1 heterocycles. The van der Waals surface area contributed by atoms with Crippen LogP contribution in [0.15, 0.2) is 23.8 Å². The summed E-state index contributed by atoms with van der Waals surface area (Å²) >= 11 is 0. The maximum atomic E-state index is 12.9. The number of carbonyl (C=O) groups excluding carboxylic acids is 3. The first-order valence-electron chi connectivity index (χ1n) is 15.2. The minimum Gasteiger partial charge on any atom is -0.462 e. The van der Waals surface area contributed by atoms with Gasteiger partial charge in [0.15, 0.2) is 0 Å². The largest absolute Gasteiger partial charge is 0.462 e. The van der Waals surface area contributed by atoms with Gasteiger partial charge in [0.25, 0.3) is 0 Å². The molecule has 3 N–H and O–H groups in total. The molecule has 0 radical (unpaired) electrons. The highest BCUT2D eigenvalue weighted by Crippen LogP contribution is 2.45. The van der Waals surface area contributed by atoms with Crippen molar-refractivity contribution in [3.05, 3.63) is 23.8 Å². The van der Waals surface area contributed by atoms with Crippen LogP contribution in [0.5, 0.6) is 0 Å². The zero-order valence-electron chi connectivity index (χ0n) is 24.7. The third-order valence-corrected chi connectivity index (χ3v) is 9.36. The smallest absolute Gasteiger partial charge is 0.311 e. The summed E-state index contributed by atoms with van der Waals surface area (Å²) in [6.45, 7) is 10.3. The Kier molecular flexibility index (Phi) is 11.2. The van der Waals surface area contributed by atoms with Crippen LogP contribution >= 0.6 is 0 Å². The summed E-state index contributed by atoms with van der Waals surface area (Å²) in [6, 6.07) is 0. The molecule has 0 bridgehead atoms. The molecule has 7 heteroatoms. The van der Waals surface area contributed by atoms with Crippen molar-refractivity contribution in [1.29, 1.82) is 0 Å². The fourth-order valence-electron chi connectivity index (χ4n) is 6.47. The number of aliphatic hydroxyl groups excluding tert-OH is 1. The van der Waals surface area contributed by atoms with Crippen molar-refractivity contribution in [2.24, 2.45) is 40.7 Å². The highest BCUT2D eigenvalue weighted by molar-refractivity contribution is 5.76. The summed E-state index contributed by atoms with van der Waals surface area (Å²) in [5.41, 5.74) is 5.91. The third-order valence-electron chi connectivity index (χ3n) is 9.36. The Hall–Kier alpha value is -2.15. The molecule has 7 atom stereocenters. The van der Waals surface area contributed by atoms with Gasteiger partial charge in [0.1, 0.15) is 12.2 Å². The van der Waals surface area contributed by atoms with Crippen molar-refractivity contribution in [3.8, 4) is 0 Å². The van der Waals surface area contributed by atoms with Gasteiger partial charge in [-0.25, -0.2) is 0 Å². The van der Waals surface area contributed by atoms with E-state index in [-0.39, 0.29) is 48.3 Å². The van der Waals surface area contributed by atoms with Crippen LogP contribution in [0, 0.1) is 35.0 Å². The monoisotopic (exact) mass is 545 g/mol. The first-order chi connectivity index (χ1) is 18.4. The predicted octanol–water partition coefficient (Wildman–Crippen LogP) is 5.64. The number of aliphatic hydroxyl groups is 1. The van der Waals surface area contributed by atoms with Crippen LogP contribution in [0.2, 0.25) is 0 Å². The molecule has 4 rings (SSSR count). The second-order valence-electron chi connectivity index (χ2n) is 13.0. The molecule has 1 amide bonds. The summed E-state index contributed by atoms with van der Waals surface area (Å²) in [5, 5.41) is 9.92. The SMILES string of the molecule is CCC(C)(C)C(=O)O[C@@H]1C[C@H](C)C=C2C=C[C@@H](C)[C@@H](CC[C@@H]3C[C@H](O)CC(=O)O3)[C@@H]21.NC(=O)C1CCCCC1. The van der Waals surface area contributed by atoms with Gasteiger partial charge < -0.3 is 20.3 Å². The Morgan fingerprint density at radius 3 is 2.41 bits per heavy atom. The number of rotatable bonds is 7.